The normalized spacial score (nSPS) is 16.1. The van der Waals surface area contributed by atoms with Gasteiger partial charge in [-0.2, -0.15) is 0 Å². The van der Waals surface area contributed by atoms with Crippen LogP contribution < -0.4 is 10.5 Å². The summed E-state index contributed by atoms with van der Waals surface area (Å²) in [5.74, 6) is 1.00. The van der Waals surface area contributed by atoms with E-state index < -0.39 is 0 Å². The molecule has 0 amide bonds. The van der Waals surface area contributed by atoms with Crippen molar-refractivity contribution in [2.45, 2.75) is 13.0 Å². The van der Waals surface area contributed by atoms with E-state index in [9.17, 15) is 0 Å². The fraction of sp³-hybridized carbons (Fsp3) is 0.500. The predicted molar refractivity (Wildman–Crippen MR) is 61.0 cm³/mol. The van der Waals surface area contributed by atoms with Crippen molar-refractivity contribution >= 4 is 0 Å². The lowest BCUT2D eigenvalue weighted by molar-refractivity contribution is 0.286. The van der Waals surface area contributed by atoms with Gasteiger partial charge in [-0.3, -0.25) is 0 Å². The second kappa shape index (κ2) is 4.64. The van der Waals surface area contributed by atoms with E-state index in [2.05, 4.69) is 24.1 Å². The number of likely N-dealkylation sites (N-methyl/N-ethyl adjacent to an activating group) is 1. The van der Waals surface area contributed by atoms with Crippen molar-refractivity contribution in [2.75, 3.05) is 26.7 Å². The van der Waals surface area contributed by atoms with Gasteiger partial charge in [-0.15, -0.1) is 0 Å². The first kappa shape index (κ1) is 10.5. The van der Waals surface area contributed by atoms with Crippen LogP contribution in [0.25, 0.3) is 0 Å². The maximum atomic E-state index is 5.65. The van der Waals surface area contributed by atoms with Crippen LogP contribution in [-0.4, -0.2) is 31.6 Å². The predicted octanol–water partition coefficient (Wildman–Crippen LogP) is 1.01. The Morgan fingerprint density at radius 2 is 2.33 bits per heavy atom. The number of benzene rings is 1. The maximum absolute atomic E-state index is 5.65. The third-order valence-electron chi connectivity index (χ3n) is 2.80. The number of hydrogen-bond donors (Lipinski definition) is 1. The first-order chi connectivity index (χ1) is 7.31. The maximum Gasteiger partial charge on any atom is 0.124 e. The quantitative estimate of drug-likeness (QED) is 0.802. The summed E-state index contributed by atoms with van der Waals surface area (Å²) in [6.07, 6.45) is 1.12. The molecule has 0 saturated carbocycles. The number of rotatable bonds is 3. The molecule has 0 spiro atoms. The second-order valence-corrected chi connectivity index (χ2v) is 4.02. The molecule has 0 atom stereocenters. The lowest BCUT2D eigenvalue weighted by Gasteiger charge is -2.26. The van der Waals surface area contributed by atoms with Crippen molar-refractivity contribution < 1.29 is 4.74 Å². The van der Waals surface area contributed by atoms with Crippen LogP contribution in [0, 0.1) is 0 Å². The summed E-state index contributed by atoms with van der Waals surface area (Å²) in [4.78, 5) is 2.32. The van der Waals surface area contributed by atoms with Gasteiger partial charge in [0.2, 0.25) is 0 Å². The molecular weight excluding hydrogens is 188 g/mol. The Hall–Kier alpha value is -1.06. The standard InChI is InChI=1S/C12H18N2O/c1-14-7-5-10-3-2-4-12(11(10)9-14)15-8-6-13/h2-4H,5-9,13H2,1H3. The molecular formula is C12H18N2O. The van der Waals surface area contributed by atoms with E-state index >= 15 is 0 Å². The van der Waals surface area contributed by atoms with Crippen LogP contribution >= 0.6 is 0 Å². The Bertz CT molecular complexity index is 338. The van der Waals surface area contributed by atoms with Crippen molar-refractivity contribution in [1.29, 1.82) is 0 Å². The first-order valence-electron chi connectivity index (χ1n) is 5.43. The van der Waals surface area contributed by atoms with Crippen molar-refractivity contribution in [2.24, 2.45) is 5.73 Å². The van der Waals surface area contributed by atoms with E-state index in [1.54, 1.807) is 0 Å². The van der Waals surface area contributed by atoms with Crippen molar-refractivity contribution in [3.63, 3.8) is 0 Å². The molecule has 2 rings (SSSR count). The van der Waals surface area contributed by atoms with Crippen LogP contribution in [-0.2, 0) is 13.0 Å². The van der Waals surface area contributed by atoms with Gasteiger partial charge < -0.3 is 15.4 Å². The molecule has 2 N–H and O–H groups in total. The minimum atomic E-state index is 0.569. The highest BCUT2D eigenvalue weighted by Crippen LogP contribution is 2.27. The zero-order chi connectivity index (χ0) is 10.7. The molecule has 3 nitrogen and oxygen atoms in total. The van der Waals surface area contributed by atoms with Gasteiger partial charge in [0.25, 0.3) is 0 Å². The van der Waals surface area contributed by atoms with E-state index in [0.717, 1.165) is 25.3 Å². The highest BCUT2D eigenvalue weighted by Gasteiger charge is 2.16. The van der Waals surface area contributed by atoms with E-state index in [1.165, 1.54) is 11.1 Å². The highest BCUT2D eigenvalue weighted by molar-refractivity contribution is 5.41. The van der Waals surface area contributed by atoms with Crippen LogP contribution in [0.15, 0.2) is 18.2 Å². The molecule has 0 saturated heterocycles. The molecule has 1 aromatic carbocycles. The number of hydrogen-bond acceptors (Lipinski definition) is 3. The Morgan fingerprint density at radius 3 is 3.13 bits per heavy atom. The molecule has 3 heteroatoms. The van der Waals surface area contributed by atoms with Gasteiger partial charge in [-0.25, -0.2) is 0 Å². The van der Waals surface area contributed by atoms with Gasteiger partial charge in [0, 0.05) is 25.2 Å². The summed E-state index contributed by atoms with van der Waals surface area (Å²) in [5.41, 5.74) is 8.20. The summed E-state index contributed by atoms with van der Waals surface area (Å²) in [5, 5.41) is 0. The average Bonchev–Trinajstić information content (AvgIpc) is 2.26. The average molecular weight is 206 g/mol. The van der Waals surface area contributed by atoms with Crippen LogP contribution in [0.5, 0.6) is 5.75 Å². The molecule has 0 aliphatic carbocycles. The Balaban J connectivity index is 2.23. The third-order valence-corrected chi connectivity index (χ3v) is 2.80. The van der Waals surface area contributed by atoms with Crippen LogP contribution in [0.2, 0.25) is 0 Å². The van der Waals surface area contributed by atoms with Gasteiger partial charge in [0.15, 0.2) is 0 Å². The molecule has 15 heavy (non-hydrogen) atoms. The summed E-state index contributed by atoms with van der Waals surface area (Å²) in [7, 11) is 2.14. The SMILES string of the molecule is CN1CCc2cccc(OCCN)c2C1. The topological polar surface area (TPSA) is 38.5 Å². The Kier molecular flexibility index (Phi) is 3.23. The molecule has 1 aliphatic heterocycles. The number of nitrogens with zero attached hydrogens (tertiary/aromatic N) is 1. The third kappa shape index (κ3) is 2.30. The fourth-order valence-corrected chi connectivity index (χ4v) is 1.99. The summed E-state index contributed by atoms with van der Waals surface area (Å²) >= 11 is 0. The van der Waals surface area contributed by atoms with Gasteiger partial charge in [0.1, 0.15) is 12.4 Å². The fourth-order valence-electron chi connectivity index (χ4n) is 1.99. The molecule has 1 aliphatic rings. The number of fused-ring (bicyclic) bond motifs is 1. The molecule has 1 heterocycles. The summed E-state index contributed by atoms with van der Waals surface area (Å²) in [6, 6.07) is 6.29. The molecule has 0 fully saturated rings. The van der Waals surface area contributed by atoms with Crippen LogP contribution in [0.4, 0.5) is 0 Å². The van der Waals surface area contributed by atoms with Crippen molar-refractivity contribution in [3.8, 4) is 5.75 Å². The number of nitrogens with two attached hydrogens (primary N) is 1. The van der Waals surface area contributed by atoms with Crippen LogP contribution in [0.3, 0.4) is 0 Å². The molecule has 0 radical (unpaired) electrons. The largest absolute Gasteiger partial charge is 0.492 e. The second-order valence-electron chi connectivity index (χ2n) is 4.02. The van der Waals surface area contributed by atoms with Gasteiger partial charge >= 0.3 is 0 Å². The molecule has 0 aromatic heterocycles. The lowest BCUT2D eigenvalue weighted by Crippen LogP contribution is -2.27. The molecule has 0 unspecified atom stereocenters. The minimum absolute atomic E-state index is 0.569. The molecule has 82 valence electrons. The zero-order valence-electron chi connectivity index (χ0n) is 9.20. The Morgan fingerprint density at radius 1 is 1.47 bits per heavy atom. The Labute approximate surface area is 90.8 Å². The van der Waals surface area contributed by atoms with E-state index in [4.69, 9.17) is 10.5 Å². The smallest absolute Gasteiger partial charge is 0.124 e. The summed E-state index contributed by atoms with van der Waals surface area (Å²) in [6.45, 7) is 3.28. The van der Waals surface area contributed by atoms with Crippen LogP contribution in [0.1, 0.15) is 11.1 Å². The minimum Gasteiger partial charge on any atom is -0.492 e. The lowest BCUT2D eigenvalue weighted by atomic mass is 9.99. The molecule has 1 aromatic rings. The van der Waals surface area contributed by atoms with E-state index in [0.29, 0.717) is 13.2 Å². The van der Waals surface area contributed by atoms with Crippen molar-refractivity contribution in [1.82, 2.24) is 4.90 Å². The summed E-state index contributed by atoms with van der Waals surface area (Å²) < 4.78 is 5.65. The highest BCUT2D eigenvalue weighted by atomic mass is 16.5. The molecule has 0 bridgehead atoms. The van der Waals surface area contributed by atoms with Gasteiger partial charge in [-0.05, 0) is 25.1 Å². The number of ether oxygens (including phenoxy) is 1. The first-order valence-corrected chi connectivity index (χ1v) is 5.43. The van der Waals surface area contributed by atoms with E-state index in [-0.39, 0.29) is 0 Å². The zero-order valence-corrected chi connectivity index (χ0v) is 9.20. The van der Waals surface area contributed by atoms with E-state index in [1.807, 2.05) is 6.07 Å². The van der Waals surface area contributed by atoms with Crippen molar-refractivity contribution in [3.05, 3.63) is 29.3 Å². The monoisotopic (exact) mass is 206 g/mol. The van der Waals surface area contributed by atoms with Gasteiger partial charge in [0.05, 0.1) is 0 Å². The van der Waals surface area contributed by atoms with Gasteiger partial charge in [-0.1, -0.05) is 12.1 Å².